The monoisotopic (exact) mass is 257 g/mol. The first-order valence-electron chi connectivity index (χ1n) is 6.73. The van der Waals surface area contributed by atoms with Gasteiger partial charge in [-0.15, -0.1) is 0 Å². The lowest BCUT2D eigenvalue weighted by Crippen LogP contribution is -2.38. The normalized spacial score (nSPS) is 12.3. The van der Waals surface area contributed by atoms with Crippen molar-refractivity contribution in [1.29, 1.82) is 0 Å². The second-order valence-electron chi connectivity index (χ2n) is 5.06. The van der Waals surface area contributed by atoms with Crippen LogP contribution in [0.25, 0.3) is 0 Å². The van der Waals surface area contributed by atoms with Gasteiger partial charge in [0.2, 0.25) is 11.8 Å². The molecule has 0 aromatic heterocycles. The van der Waals surface area contributed by atoms with Gasteiger partial charge in [-0.3, -0.25) is 9.59 Å². The van der Waals surface area contributed by atoms with Crippen molar-refractivity contribution in [1.82, 2.24) is 10.6 Å². The van der Waals surface area contributed by atoms with Crippen LogP contribution in [0.4, 0.5) is 0 Å². The number of rotatable bonds is 9. The summed E-state index contributed by atoms with van der Waals surface area (Å²) in [5.74, 6) is 0.485. The SMILES string of the molecule is CCCNC(=O)CNC(=O)CC(CN)CC(C)C. The molecule has 1 unspecified atom stereocenters. The Hall–Kier alpha value is -1.10. The highest BCUT2D eigenvalue weighted by molar-refractivity contribution is 5.84. The molecule has 1 atom stereocenters. The molecule has 0 aliphatic rings. The number of nitrogens with one attached hydrogen (secondary N) is 2. The molecule has 0 saturated heterocycles. The average Bonchev–Trinajstić information content (AvgIpc) is 2.32. The van der Waals surface area contributed by atoms with Crippen molar-refractivity contribution in [3.05, 3.63) is 0 Å². The fourth-order valence-corrected chi connectivity index (χ4v) is 1.77. The Labute approximate surface area is 110 Å². The third-order valence-corrected chi connectivity index (χ3v) is 2.63. The second kappa shape index (κ2) is 9.88. The molecule has 0 aromatic carbocycles. The van der Waals surface area contributed by atoms with Gasteiger partial charge < -0.3 is 16.4 Å². The third-order valence-electron chi connectivity index (χ3n) is 2.63. The van der Waals surface area contributed by atoms with Crippen LogP contribution in [0.5, 0.6) is 0 Å². The van der Waals surface area contributed by atoms with Crippen molar-refractivity contribution in [2.45, 2.75) is 40.0 Å². The molecular formula is C13H27N3O2. The number of amides is 2. The van der Waals surface area contributed by atoms with E-state index in [9.17, 15) is 9.59 Å². The third kappa shape index (κ3) is 8.98. The first-order chi connectivity index (χ1) is 8.49. The fraction of sp³-hybridized carbons (Fsp3) is 0.846. The number of hydrogen-bond acceptors (Lipinski definition) is 3. The second-order valence-corrected chi connectivity index (χ2v) is 5.06. The summed E-state index contributed by atoms with van der Waals surface area (Å²) < 4.78 is 0. The van der Waals surface area contributed by atoms with Gasteiger partial charge in [0, 0.05) is 13.0 Å². The van der Waals surface area contributed by atoms with Gasteiger partial charge in [0.1, 0.15) is 0 Å². The molecule has 0 fully saturated rings. The highest BCUT2D eigenvalue weighted by Crippen LogP contribution is 2.13. The Morgan fingerprint density at radius 3 is 2.33 bits per heavy atom. The van der Waals surface area contributed by atoms with E-state index in [0.717, 1.165) is 12.8 Å². The molecule has 18 heavy (non-hydrogen) atoms. The van der Waals surface area contributed by atoms with Gasteiger partial charge in [-0.25, -0.2) is 0 Å². The Morgan fingerprint density at radius 2 is 1.83 bits per heavy atom. The van der Waals surface area contributed by atoms with Crippen LogP contribution in [0.2, 0.25) is 0 Å². The zero-order valence-electron chi connectivity index (χ0n) is 11.8. The maximum atomic E-state index is 11.6. The van der Waals surface area contributed by atoms with E-state index in [0.29, 0.717) is 25.4 Å². The molecule has 2 amide bonds. The summed E-state index contributed by atoms with van der Waals surface area (Å²) in [6.45, 7) is 7.41. The van der Waals surface area contributed by atoms with Gasteiger partial charge in [0.05, 0.1) is 6.54 Å². The lowest BCUT2D eigenvalue weighted by molar-refractivity contribution is -0.126. The summed E-state index contributed by atoms with van der Waals surface area (Å²) in [5.41, 5.74) is 5.63. The van der Waals surface area contributed by atoms with Crippen LogP contribution >= 0.6 is 0 Å². The van der Waals surface area contributed by atoms with Crippen LogP contribution in [-0.4, -0.2) is 31.4 Å². The molecule has 5 nitrogen and oxygen atoms in total. The molecule has 0 aliphatic carbocycles. The Balaban J connectivity index is 3.84. The summed E-state index contributed by atoms with van der Waals surface area (Å²) in [7, 11) is 0. The van der Waals surface area contributed by atoms with E-state index in [2.05, 4.69) is 24.5 Å². The highest BCUT2D eigenvalue weighted by atomic mass is 16.2. The Morgan fingerprint density at radius 1 is 1.17 bits per heavy atom. The van der Waals surface area contributed by atoms with Crippen molar-refractivity contribution < 1.29 is 9.59 Å². The quantitative estimate of drug-likeness (QED) is 0.567. The zero-order chi connectivity index (χ0) is 14.0. The summed E-state index contributed by atoms with van der Waals surface area (Å²) in [6.07, 6.45) is 2.23. The first-order valence-corrected chi connectivity index (χ1v) is 6.73. The predicted octanol–water partition coefficient (Wildman–Crippen LogP) is 0.640. The highest BCUT2D eigenvalue weighted by Gasteiger charge is 2.14. The minimum atomic E-state index is -0.140. The molecule has 106 valence electrons. The van der Waals surface area contributed by atoms with E-state index >= 15 is 0 Å². The average molecular weight is 257 g/mol. The number of hydrogen-bond donors (Lipinski definition) is 3. The fourth-order valence-electron chi connectivity index (χ4n) is 1.77. The molecule has 0 rings (SSSR count). The van der Waals surface area contributed by atoms with Gasteiger partial charge >= 0.3 is 0 Å². The van der Waals surface area contributed by atoms with Crippen LogP contribution in [0, 0.1) is 11.8 Å². The van der Waals surface area contributed by atoms with Crippen LogP contribution in [0.3, 0.4) is 0 Å². The molecule has 0 radical (unpaired) electrons. The van der Waals surface area contributed by atoms with Gasteiger partial charge in [-0.2, -0.15) is 0 Å². The lowest BCUT2D eigenvalue weighted by Gasteiger charge is -2.16. The van der Waals surface area contributed by atoms with Crippen LogP contribution in [0.1, 0.15) is 40.0 Å². The van der Waals surface area contributed by atoms with Crippen LogP contribution in [0.15, 0.2) is 0 Å². The number of nitrogens with two attached hydrogens (primary N) is 1. The summed E-state index contributed by atoms with van der Waals surface area (Å²) >= 11 is 0. The molecule has 4 N–H and O–H groups in total. The first kappa shape index (κ1) is 16.9. The zero-order valence-corrected chi connectivity index (χ0v) is 11.8. The summed E-state index contributed by atoms with van der Waals surface area (Å²) in [6, 6.07) is 0. The molecule has 0 aliphatic heterocycles. The van der Waals surface area contributed by atoms with Gasteiger partial charge in [-0.1, -0.05) is 20.8 Å². The number of carbonyl (C=O) groups excluding carboxylic acids is 2. The van der Waals surface area contributed by atoms with Crippen molar-refractivity contribution >= 4 is 11.8 Å². The van der Waals surface area contributed by atoms with Crippen LogP contribution < -0.4 is 16.4 Å². The van der Waals surface area contributed by atoms with E-state index in [1.165, 1.54) is 0 Å². The van der Waals surface area contributed by atoms with Crippen molar-refractivity contribution in [2.75, 3.05) is 19.6 Å². The Kier molecular flexibility index (Phi) is 9.28. The van der Waals surface area contributed by atoms with Crippen molar-refractivity contribution in [2.24, 2.45) is 17.6 Å². The van der Waals surface area contributed by atoms with Gasteiger partial charge in [0.25, 0.3) is 0 Å². The molecule has 5 heteroatoms. The topological polar surface area (TPSA) is 84.2 Å². The minimum Gasteiger partial charge on any atom is -0.355 e. The van der Waals surface area contributed by atoms with Gasteiger partial charge in [-0.05, 0) is 31.2 Å². The molecule has 0 spiro atoms. The predicted molar refractivity (Wildman–Crippen MR) is 72.9 cm³/mol. The molecule has 0 aromatic rings. The van der Waals surface area contributed by atoms with Crippen molar-refractivity contribution in [3.63, 3.8) is 0 Å². The van der Waals surface area contributed by atoms with Crippen molar-refractivity contribution in [3.8, 4) is 0 Å². The van der Waals surface area contributed by atoms with E-state index in [1.807, 2.05) is 6.92 Å². The Bertz CT molecular complexity index is 255. The van der Waals surface area contributed by atoms with E-state index in [-0.39, 0.29) is 24.3 Å². The van der Waals surface area contributed by atoms with E-state index in [4.69, 9.17) is 5.73 Å². The van der Waals surface area contributed by atoms with Gasteiger partial charge in [0.15, 0.2) is 0 Å². The standard InChI is InChI=1S/C13H27N3O2/c1-4-5-15-13(18)9-16-12(17)7-11(8-14)6-10(2)3/h10-11H,4-9,14H2,1-3H3,(H,15,18)(H,16,17). The number of carbonyl (C=O) groups is 2. The maximum absolute atomic E-state index is 11.6. The largest absolute Gasteiger partial charge is 0.355 e. The summed E-state index contributed by atoms with van der Waals surface area (Å²) in [4.78, 5) is 22.9. The molecule has 0 saturated carbocycles. The molecule has 0 bridgehead atoms. The minimum absolute atomic E-state index is 0.0534. The van der Waals surface area contributed by atoms with Crippen LogP contribution in [-0.2, 0) is 9.59 Å². The maximum Gasteiger partial charge on any atom is 0.239 e. The van der Waals surface area contributed by atoms with E-state index < -0.39 is 0 Å². The van der Waals surface area contributed by atoms with E-state index in [1.54, 1.807) is 0 Å². The smallest absolute Gasteiger partial charge is 0.239 e. The molecule has 0 heterocycles. The molecular weight excluding hydrogens is 230 g/mol. The summed E-state index contributed by atoms with van der Waals surface area (Å²) in [5, 5.41) is 5.33. The lowest BCUT2D eigenvalue weighted by atomic mass is 9.94.